The maximum Gasteiger partial charge on any atom is 0.335 e. The third-order valence-corrected chi connectivity index (χ3v) is 3.26. The molecule has 106 valence electrons. The van der Waals surface area contributed by atoms with E-state index in [0.717, 1.165) is 19.3 Å². The zero-order valence-electron chi connectivity index (χ0n) is 11.2. The fourth-order valence-corrected chi connectivity index (χ4v) is 2.17. The van der Waals surface area contributed by atoms with Gasteiger partial charge in [0.1, 0.15) is 0 Å². The molecule has 3 N–H and O–H groups in total. The van der Waals surface area contributed by atoms with Gasteiger partial charge in [-0.2, -0.15) is 0 Å². The van der Waals surface area contributed by atoms with Gasteiger partial charge in [0, 0.05) is 12.2 Å². The Bertz CT molecular complexity index is 520. The molecule has 0 heterocycles. The fraction of sp³-hybridized carbons (Fsp3) is 0.333. The van der Waals surface area contributed by atoms with Crippen molar-refractivity contribution in [3.8, 4) is 0 Å². The summed E-state index contributed by atoms with van der Waals surface area (Å²) in [6.45, 7) is 0.616. The minimum absolute atomic E-state index is 0.198. The molecule has 0 bridgehead atoms. The molecule has 0 fully saturated rings. The standard InChI is InChI=1S/C15H18N2O3/c18-14(19)12-5-7-13(8-6-12)17-15(20)16-10-9-11-3-1-2-4-11/h3,5-8H,1-2,4,9-10H2,(H,18,19)(H2,16,17,20). The molecule has 2 amide bonds. The van der Waals surface area contributed by atoms with Crippen LogP contribution in [0.15, 0.2) is 35.9 Å². The molecule has 1 aliphatic rings. The summed E-state index contributed by atoms with van der Waals surface area (Å²) in [6, 6.07) is 5.79. The number of amides is 2. The Morgan fingerprint density at radius 2 is 1.95 bits per heavy atom. The number of rotatable bonds is 5. The molecule has 5 heteroatoms. The van der Waals surface area contributed by atoms with Crippen molar-refractivity contribution in [3.63, 3.8) is 0 Å². The number of anilines is 1. The van der Waals surface area contributed by atoms with Gasteiger partial charge in [0.25, 0.3) is 0 Å². The van der Waals surface area contributed by atoms with E-state index in [1.165, 1.54) is 24.1 Å². The number of hydrogen-bond acceptors (Lipinski definition) is 2. The molecule has 0 aliphatic heterocycles. The summed E-state index contributed by atoms with van der Waals surface area (Å²) >= 11 is 0. The highest BCUT2D eigenvalue weighted by atomic mass is 16.4. The Labute approximate surface area is 117 Å². The first-order valence-corrected chi connectivity index (χ1v) is 6.71. The van der Waals surface area contributed by atoms with Crippen molar-refractivity contribution in [3.05, 3.63) is 41.5 Å². The van der Waals surface area contributed by atoms with E-state index in [-0.39, 0.29) is 11.6 Å². The number of nitrogens with one attached hydrogen (secondary N) is 2. The molecule has 20 heavy (non-hydrogen) atoms. The van der Waals surface area contributed by atoms with E-state index >= 15 is 0 Å². The third kappa shape index (κ3) is 4.12. The summed E-state index contributed by atoms with van der Waals surface area (Å²) in [7, 11) is 0. The van der Waals surface area contributed by atoms with Crippen LogP contribution in [0.2, 0.25) is 0 Å². The number of hydrogen-bond donors (Lipinski definition) is 3. The van der Waals surface area contributed by atoms with Crippen LogP contribution in [0.3, 0.4) is 0 Å². The molecule has 0 unspecified atom stereocenters. The average molecular weight is 274 g/mol. The van der Waals surface area contributed by atoms with Crippen LogP contribution >= 0.6 is 0 Å². The lowest BCUT2D eigenvalue weighted by molar-refractivity contribution is 0.0697. The van der Waals surface area contributed by atoms with Gasteiger partial charge in [-0.3, -0.25) is 0 Å². The zero-order valence-corrected chi connectivity index (χ0v) is 11.2. The first-order valence-electron chi connectivity index (χ1n) is 6.71. The summed E-state index contributed by atoms with van der Waals surface area (Å²) < 4.78 is 0. The van der Waals surface area contributed by atoms with Crippen molar-refractivity contribution in [2.45, 2.75) is 25.7 Å². The van der Waals surface area contributed by atoms with Crippen molar-refractivity contribution in [2.24, 2.45) is 0 Å². The van der Waals surface area contributed by atoms with Crippen molar-refractivity contribution in [1.29, 1.82) is 0 Å². The maximum atomic E-state index is 11.6. The van der Waals surface area contributed by atoms with E-state index in [9.17, 15) is 9.59 Å². The number of allylic oxidation sites excluding steroid dienone is 1. The van der Waals surface area contributed by atoms with E-state index in [0.29, 0.717) is 12.2 Å². The fourth-order valence-electron chi connectivity index (χ4n) is 2.17. The summed E-state index contributed by atoms with van der Waals surface area (Å²) in [6.07, 6.45) is 6.64. The van der Waals surface area contributed by atoms with Crippen LogP contribution < -0.4 is 10.6 Å². The average Bonchev–Trinajstić information content (AvgIpc) is 2.92. The minimum Gasteiger partial charge on any atom is -0.478 e. The first-order chi connectivity index (χ1) is 9.65. The monoisotopic (exact) mass is 274 g/mol. The number of carboxylic acid groups (broad SMARTS) is 1. The van der Waals surface area contributed by atoms with Gasteiger partial charge in [0.05, 0.1) is 5.56 Å². The molecule has 0 atom stereocenters. The Morgan fingerprint density at radius 1 is 1.20 bits per heavy atom. The Hall–Kier alpha value is -2.30. The van der Waals surface area contributed by atoms with Crippen molar-refractivity contribution in [2.75, 3.05) is 11.9 Å². The molecule has 0 saturated carbocycles. The minimum atomic E-state index is -0.981. The number of carbonyl (C=O) groups excluding carboxylic acids is 1. The second-order valence-corrected chi connectivity index (χ2v) is 4.77. The molecule has 0 radical (unpaired) electrons. The lowest BCUT2D eigenvalue weighted by Gasteiger charge is -2.08. The zero-order chi connectivity index (χ0) is 14.4. The van der Waals surface area contributed by atoms with Crippen molar-refractivity contribution in [1.82, 2.24) is 5.32 Å². The molecule has 1 aromatic rings. The van der Waals surface area contributed by atoms with E-state index in [4.69, 9.17) is 5.11 Å². The molecule has 0 aromatic heterocycles. The lowest BCUT2D eigenvalue weighted by Crippen LogP contribution is -2.29. The van der Waals surface area contributed by atoms with Crippen molar-refractivity contribution < 1.29 is 14.7 Å². The molecular formula is C15H18N2O3. The van der Waals surface area contributed by atoms with Gasteiger partial charge in [-0.15, -0.1) is 0 Å². The first kappa shape index (κ1) is 14.1. The highest BCUT2D eigenvalue weighted by molar-refractivity contribution is 5.91. The molecular weight excluding hydrogens is 256 g/mol. The van der Waals surface area contributed by atoms with Gasteiger partial charge in [-0.1, -0.05) is 11.6 Å². The van der Waals surface area contributed by atoms with Crippen molar-refractivity contribution >= 4 is 17.7 Å². The molecule has 1 aromatic carbocycles. The highest BCUT2D eigenvalue weighted by Crippen LogP contribution is 2.19. The van der Waals surface area contributed by atoms with Crippen LogP contribution in [-0.4, -0.2) is 23.7 Å². The van der Waals surface area contributed by atoms with E-state index < -0.39 is 5.97 Å². The second kappa shape index (κ2) is 6.75. The number of benzene rings is 1. The Morgan fingerprint density at radius 3 is 2.55 bits per heavy atom. The Balaban J connectivity index is 1.74. The topological polar surface area (TPSA) is 78.4 Å². The predicted molar refractivity (Wildman–Crippen MR) is 77.0 cm³/mol. The SMILES string of the molecule is O=C(NCCC1=CCCC1)Nc1ccc(C(=O)O)cc1. The quantitative estimate of drug-likeness (QED) is 0.722. The van der Waals surface area contributed by atoms with Crippen LogP contribution in [-0.2, 0) is 0 Å². The van der Waals surface area contributed by atoms with Gasteiger partial charge >= 0.3 is 12.0 Å². The normalized spacial score (nSPS) is 13.7. The van der Waals surface area contributed by atoms with E-state index in [2.05, 4.69) is 16.7 Å². The van der Waals surface area contributed by atoms with E-state index in [1.54, 1.807) is 12.1 Å². The summed E-state index contributed by atoms with van der Waals surface area (Å²) in [4.78, 5) is 22.3. The van der Waals surface area contributed by atoms with Gasteiger partial charge in [-0.05, 0) is 49.9 Å². The molecule has 0 saturated heterocycles. The second-order valence-electron chi connectivity index (χ2n) is 4.77. The van der Waals surface area contributed by atoms with Crippen LogP contribution in [0.5, 0.6) is 0 Å². The van der Waals surface area contributed by atoms with E-state index in [1.807, 2.05) is 0 Å². The highest BCUT2D eigenvalue weighted by Gasteiger charge is 2.06. The summed E-state index contributed by atoms with van der Waals surface area (Å²) in [5, 5.41) is 14.2. The van der Waals surface area contributed by atoms with Crippen LogP contribution in [0.25, 0.3) is 0 Å². The number of carboxylic acids is 1. The lowest BCUT2D eigenvalue weighted by atomic mass is 10.2. The molecule has 2 rings (SSSR count). The summed E-state index contributed by atoms with van der Waals surface area (Å²) in [5.41, 5.74) is 2.19. The van der Waals surface area contributed by atoms with Crippen LogP contribution in [0.1, 0.15) is 36.0 Å². The maximum absolute atomic E-state index is 11.6. The third-order valence-electron chi connectivity index (χ3n) is 3.26. The van der Waals surface area contributed by atoms with Crippen LogP contribution in [0.4, 0.5) is 10.5 Å². The van der Waals surface area contributed by atoms with Gasteiger partial charge < -0.3 is 15.7 Å². The number of aromatic carboxylic acids is 1. The molecule has 5 nitrogen and oxygen atoms in total. The smallest absolute Gasteiger partial charge is 0.335 e. The predicted octanol–water partition coefficient (Wildman–Crippen LogP) is 3.01. The largest absolute Gasteiger partial charge is 0.478 e. The van der Waals surface area contributed by atoms with Crippen LogP contribution in [0, 0.1) is 0 Å². The molecule has 0 spiro atoms. The van der Waals surface area contributed by atoms with Gasteiger partial charge in [0.15, 0.2) is 0 Å². The summed E-state index contributed by atoms with van der Waals surface area (Å²) in [5.74, 6) is -0.981. The molecule has 1 aliphatic carbocycles. The number of carbonyl (C=O) groups is 2. The van der Waals surface area contributed by atoms with Gasteiger partial charge in [-0.25, -0.2) is 9.59 Å². The Kier molecular flexibility index (Phi) is 4.76. The number of urea groups is 1. The van der Waals surface area contributed by atoms with Gasteiger partial charge in [0.2, 0.25) is 0 Å².